The number of hydrogen-bond acceptors (Lipinski definition) is 6. The predicted octanol–water partition coefficient (Wildman–Crippen LogP) is 3.49. The van der Waals surface area contributed by atoms with Gasteiger partial charge in [-0.3, -0.25) is 4.98 Å². The van der Waals surface area contributed by atoms with Crippen molar-refractivity contribution in [2.45, 2.75) is 27.4 Å². The molecule has 25 heavy (non-hydrogen) atoms. The zero-order chi connectivity index (χ0) is 17.6. The second-order valence-electron chi connectivity index (χ2n) is 5.65. The number of rotatable bonds is 5. The van der Waals surface area contributed by atoms with E-state index < -0.39 is 0 Å². The van der Waals surface area contributed by atoms with E-state index in [0.717, 1.165) is 34.2 Å². The van der Waals surface area contributed by atoms with Crippen molar-refractivity contribution in [1.29, 1.82) is 0 Å². The molecule has 6 heteroatoms. The zero-order valence-corrected chi connectivity index (χ0v) is 14.5. The maximum Gasteiger partial charge on any atom is 0.178 e. The van der Waals surface area contributed by atoms with Crippen molar-refractivity contribution < 1.29 is 4.84 Å². The van der Waals surface area contributed by atoms with Crippen molar-refractivity contribution in [2.24, 2.45) is 5.16 Å². The third-order valence-electron chi connectivity index (χ3n) is 3.50. The molecular formula is C19H19N5O. The topological polar surface area (TPSA) is 73.2 Å². The van der Waals surface area contributed by atoms with Crippen LogP contribution in [0.25, 0.3) is 11.5 Å². The Hall–Kier alpha value is -3.15. The summed E-state index contributed by atoms with van der Waals surface area (Å²) in [6.45, 7) is 6.00. The Morgan fingerprint density at radius 2 is 1.72 bits per heavy atom. The van der Waals surface area contributed by atoms with Gasteiger partial charge in [0.25, 0.3) is 0 Å². The number of nitrogens with zero attached hydrogens (tertiary/aromatic N) is 5. The smallest absolute Gasteiger partial charge is 0.178 e. The minimum absolute atomic E-state index is 0.254. The maximum absolute atomic E-state index is 5.43. The highest BCUT2D eigenvalue weighted by Gasteiger charge is 2.05. The van der Waals surface area contributed by atoms with Crippen LogP contribution in [0.5, 0.6) is 0 Å². The van der Waals surface area contributed by atoms with Gasteiger partial charge in [0.1, 0.15) is 11.4 Å². The van der Waals surface area contributed by atoms with Gasteiger partial charge in [0.2, 0.25) is 0 Å². The van der Waals surface area contributed by atoms with Crippen molar-refractivity contribution in [2.75, 3.05) is 0 Å². The first kappa shape index (κ1) is 16.7. The van der Waals surface area contributed by atoms with Crippen LogP contribution in [0.2, 0.25) is 0 Å². The lowest BCUT2D eigenvalue weighted by atomic mass is 10.2. The van der Waals surface area contributed by atoms with E-state index in [1.165, 1.54) is 0 Å². The molecule has 0 radical (unpaired) electrons. The monoisotopic (exact) mass is 333 g/mol. The number of aryl methyl sites for hydroxylation is 2. The molecule has 0 fully saturated rings. The van der Waals surface area contributed by atoms with Gasteiger partial charge in [-0.1, -0.05) is 17.3 Å². The molecule has 0 aliphatic rings. The molecule has 0 spiro atoms. The second-order valence-corrected chi connectivity index (χ2v) is 5.65. The van der Waals surface area contributed by atoms with Crippen molar-refractivity contribution in [3.63, 3.8) is 0 Å². The predicted molar refractivity (Wildman–Crippen MR) is 96.0 cm³/mol. The van der Waals surface area contributed by atoms with Gasteiger partial charge in [0.15, 0.2) is 12.4 Å². The Morgan fingerprint density at radius 3 is 2.48 bits per heavy atom. The first-order chi connectivity index (χ1) is 12.1. The van der Waals surface area contributed by atoms with E-state index in [-0.39, 0.29) is 6.61 Å². The summed E-state index contributed by atoms with van der Waals surface area (Å²) in [5.41, 5.74) is 4.87. The fraction of sp³-hybridized carbons (Fsp3) is 0.211. The summed E-state index contributed by atoms with van der Waals surface area (Å²) in [4.78, 5) is 23.0. The molecule has 0 bridgehead atoms. The lowest BCUT2D eigenvalue weighted by Gasteiger charge is -2.05. The standard InChI is InChI=1S/C19H19N5O/c1-13-6-4-8-17(21-13)15(3)24-25-12-16-10-11-20-19(23-16)18-9-5-7-14(2)22-18/h4-11H,12H2,1-3H3/b24-15+. The quantitative estimate of drug-likeness (QED) is 0.528. The number of aromatic nitrogens is 4. The van der Waals surface area contributed by atoms with Crippen molar-refractivity contribution in [3.8, 4) is 11.5 Å². The minimum Gasteiger partial charge on any atom is -0.389 e. The molecule has 0 aliphatic carbocycles. The van der Waals surface area contributed by atoms with E-state index in [2.05, 4.69) is 25.1 Å². The van der Waals surface area contributed by atoms with Gasteiger partial charge in [-0.05, 0) is 51.1 Å². The summed E-state index contributed by atoms with van der Waals surface area (Å²) in [6.07, 6.45) is 1.70. The summed E-state index contributed by atoms with van der Waals surface area (Å²) in [5, 5.41) is 4.13. The lowest BCUT2D eigenvalue weighted by Crippen LogP contribution is -2.02. The van der Waals surface area contributed by atoms with Gasteiger partial charge in [-0.25, -0.2) is 15.0 Å². The first-order valence-corrected chi connectivity index (χ1v) is 7.98. The van der Waals surface area contributed by atoms with E-state index in [1.54, 1.807) is 12.3 Å². The molecule has 6 nitrogen and oxygen atoms in total. The highest BCUT2D eigenvalue weighted by molar-refractivity contribution is 5.96. The zero-order valence-electron chi connectivity index (χ0n) is 14.5. The van der Waals surface area contributed by atoms with Gasteiger partial charge in [-0.2, -0.15) is 0 Å². The van der Waals surface area contributed by atoms with Crippen LogP contribution in [0.15, 0.2) is 53.8 Å². The molecule has 0 saturated carbocycles. The van der Waals surface area contributed by atoms with E-state index in [0.29, 0.717) is 5.82 Å². The molecule has 3 heterocycles. The highest BCUT2D eigenvalue weighted by Crippen LogP contribution is 2.12. The van der Waals surface area contributed by atoms with Crippen LogP contribution in [0, 0.1) is 13.8 Å². The summed E-state index contributed by atoms with van der Waals surface area (Å²) < 4.78 is 0. The molecule has 0 aliphatic heterocycles. The van der Waals surface area contributed by atoms with Crippen LogP contribution in [0.4, 0.5) is 0 Å². The normalized spacial score (nSPS) is 11.4. The average molecular weight is 333 g/mol. The molecule has 3 rings (SSSR count). The highest BCUT2D eigenvalue weighted by atomic mass is 16.6. The Balaban J connectivity index is 1.69. The molecule has 0 unspecified atom stereocenters. The third kappa shape index (κ3) is 4.44. The van der Waals surface area contributed by atoms with Gasteiger partial charge in [-0.15, -0.1) is 0 Å². The van der Waals surface area contributed by atoms with Crippen LogP contribution >= 0.6 is 0 Å². The van der Waals surface area contributed by atoms with Crippen LogP contribution < -0.4 is 0 Å². The largest absolute Gasteiger partial charge is 0.389 e. The van der Waals surface area contributed by atoms with Crippen molar-refractivity contribution in [3.05, 3.63) is 71.4 Å². The molecule has 0 saturated heterocycles. The number of pyridine rings is 2. The van der Waals surface area contributed by atoms with Gasteiger partial charge in [0.05, 0.1) is 11.4 Å². The molecular weight excluding hydrogens is 314 g/mol. The Morgan fingerprint density at radius 1 is 0.960 bits per heavy atom. The van der Waals surface area contributed by atoms with Crippen LogP contribution in [-0.4, -0.2) is 25.6 Å². The fourth-order valence-electron chi connectivity index (χ4n) is 2.25. The molecule has 0 amide bonds. The molecule has 0 N–H and O–H groups in total. The van der Waals surface area contributed by atoms with Gasteiger partial charge >= 0.3 is 0 Å². The SMILES string of the molecule is C/C(=N\OCc1ccnc(-c2cccc(C)n2)n1)c1cccc(C)n1. The molecule has 0 atom stereocenters. The maximum atomic E-state index is 5.43. The molecule has 126 valence electrons. The summed E-state index contributed by atoms with van der Waals surface area (Å²) >= 11 is 0. The Labute approximate surface area is 146 Å². The van der Waals surface area contributed by atoms with Crippen LogP contribution in [-0.2, 0) is 11.4 Å². The Bertz CT molecular complexity index is 908. The number of hydrogen-bond donors (Lipinski definition) is 0. The van der Waals surface area contributed by atoms with E-state index in [4.69, 9.17) is 4.84 Å². The molecule has 3 aromatic heterocycles. The minimum atomic E-state index is 0.254. The van der Waals surface area contributed by atoms with Crippen molar-refractivity contribution >= 4 is 5.71 Å². The van der Waals surface area contributed by atoms with E-state index >= 15 is 0 Å². The fourth-order valence-corrected chi connectivity index (χ4v) is 2.25. The lowest BCUT2D eigenvalue weighted by molar-refractivity contribution is 0.127. The summed E-state index contributed by atoms with van der Waals surface area (Å²) in [7, 11) is 0. The van der Waals surface area contributed by atoms with E-state index in [9.17, 15) is 0 Å². The summed E-state index contributed by atoms with van der Waals surface area (Å²) in [6, 6.07) is 13.4. The Kier molecular flexibility index (Phi) is 5.09. The third-order valence-corrected chi connectivity index (χ3v) is 3.50. The first-order valence-electron chi connectivity index (χ1n) is 7.98. The molecule has 0 aromatic carbocycles. The van der Waals surface area contributed by atoms with Crippen molar-refractivity contribution in [1.82, 2.24) is 19.9 Å². The van der Waals surface area contributed by atoms with E-state index in [1.807, 2.05) is 57.2 Å². The van der Waals surface area contributed by atoms with Gasteiger partial charge in [0, 0.05) is 17.6 Å². The van der Waals surface area contributed by atoms with Crippen LogP contribution in [0.1, 0.15) is 29.7 Å². The van der Waals surface area contributed by atoms with Gasteiger partial charge < -0.3 is 4.84 Å². The average Bonchev–Trinajstić information content (AvgIpc) is 2.62. The summed E-state index contributed by atoms with van der Waals surface area (Å²) in [5.74, 6) is 0.575. The van der Waals surface area contributed by atoms with Crippen LogP contribution in [0.3, 0.4) is 0 Å². The molecule has 3 aromatic rings. The number of oxime groups is 1. The second kappa shape index (κ2) is 7.61.